The van der Waals surface area contributed by atoms with Gasteiger partial charge in [0.05, 0.1) is 10.0 Å². The SMILES string of the molecule is NC(=O)c1nn(-c2c(Cl)cccc2Cl)nc1Nc1ccc(-c2nnc[nH]2)cc1. The molecule has 0 fully saturated rings. The van der Waals surface area contributed by atoms with Gasteiger partial charge in [0.2, 0.25) is 0 Å². The fraction of sp³-hybridized carbons (Fsp3) is 0. The number of para-hydroxylation sites is 1. The number of hydrogen-bond acceptors (Lipinski definition) is 6. The molecule has 0 aliphatic carbocycles. The van der Waals surface area contributed by atoms with Crippen LogP contribution in [0.5, 0.6) is 0 Å². The molecule has 2 aromatic heterocycles. The number of benzene rings is 2. The number of H-pyrrole nitrogens is 1. The molecule has 0 atom stereocenters. The number of primary amides is 1. The molecule has 2 heterocycles. The van der Waals surface area contributed by atoms with Crippen molar-refractivity contribution in [2.24, 2.45) is 5.73 Å². The van der Waals surface area contributed by atoms with Crippen LogP contribution in [-0.4, -0.2) is 36.1 Å². The number of carbonyl (C=O) groups is 1. The fourth-order valence-corrected chi connectivity index (χ4v) is 3.08. The van der Waals surface area contributed by atoms with Crippen molar-refractivity contribution in [2.45, 2.75) is 0 Å². The predicted octanol–water partition coefficient (Wildman–Crippen LogP) is 3.20. The van der Waals surface area contributed by atoms with Gasteiger partial charge >= 0.3 is 0 Å². The van der Waals surface area contributed by atoms with Crippen LogP contribution in [0.3, 0.4) is 0 Å². The third-order valence-corrected chi connectivity index (χ3v) is 4.43. The second kappa shape index (κ2) is 7.29. The van der Waals surface area contributed by atoms with Crippen LogP contribution in [0.4, 0.5) is 11.5 Å². The van der Waals surface area contributed by atoms with Gasteiger partial charge in [0.15, 0.2) is 17.3 Å². The molecule has 0 spiro atoms. The highest BCUT2D eigenvalue weighted by Crippen LogP contribution is 2.29. The summed E-state index contributed by atoms with van der Waals surface area (Å²) in [7, 11) is 0. The number of amides is 1. The van der Waals surface area contributed by atoms with E-state index >= 15 is 0 Å². The van der Waals surface area contributed by atoms with Crippen LogP contribution >= 0.6 is 23.2 Å². The Morgan fingerprint density at radius 1 is 1.07 bits per heavy atom. The molecule has 4 aromatic rings. The van der Waals surface area contributed by atoms with Crippen molar-refractivity contribution in [1.82, 2.24) is 30.2 Å². The summed E-state index contributed by atoms with van der Waals surface area (Å²) in [6.07, 6.45) is 1.50. The fourth-order valence-electron chi connectivity index (χ4n) is 2.53. The van der Waals surface area contributed by atoms with Gasteiger partial charge in [-0.15, -0.1) is 25.2 Å². The lowest BCUT2D eigenvalue weighted by molar-refractivity contribution is 0.0996. The second-order valence-corrected chi connectivity index (χ2v) is 6.48. The zero-order valence-corrected chi connectivity index (χ0v) is 15.6. The molecule has 0 bridgehead atoms. The average Bonchev–Trinajstić information content (AvgIpc) is 3.33. The summed E-state index contributed by atoms with van der Waals surface area (Å²) in [5, 5.41) is 19.8. The highest BCUT2D eigenvalue weighted by atomic mass is 35.5. The summed E-state index contributed by atoms with van der Waals surface area (Å²) in [6, 6.07) is 12.2. The van der Waals surface area contributed by atoms with Gasteiger partial charge in [-0.2, -0.15) is 0 Å². The Morgan fingerprint density at radius 2 is 1.79 bits per heavy atom. The minimum absolute atomic E-state index is 0.0460. The average molecular weight is 415 g/mol. The van der Waals surface area contributed by atoms with Crippen molar-refractivity contribution in [3.63, 3.8) is 0 Å². The Balaban J connectivity index is 1.68. The van der Waals surface area contributed by atoms with Gasteiger partial charge in [-0.05, 0) is 36.4 Å². The minimum Gasteiger partial charge on any atom is -0.364 e. The van der Waals surface area contributed by atoms with E-state index in [1.165, 1.54) is 11.1 Å². The molecule has 0 saturated carbocycles. The number of anilines is 2. The van der Waals surface area contributed by atoms with E-state index < -0.39 is 5.91 Å². The Labute approximate surface area is 168 Å². The van der Waals surface area contributed by atoms with Gasteiger partial charge < -0.3 is 16.0 Å². The standard InChI is InChI=1S/C17H12Cl2N8O/c18-11-2-1-3-12(19)14(11)27-25-13(15(20)28)17(26-27)23-10-6-4-9(5-7-10)16-21-8-22-24-16/h1-8H,(H2,20,28)(H,23,26)(H,21,22,24). The lowest BCUT2D eigenvalue weighted by atomic mass is 10.2. The monoisotopic (exact) mass is 414 g/mol. The lowest BCUT2D eigenvalue weighted by Crippen LogP contribution is -2.14. The summed E-state index contributed by atoms with van der Waals surface area (Å²) in [4.78, 5) is 15.9. The third kappa shape index (κ3) is 3.40. The number of rotatable bonds is 5. The first-order valence-corrected chi connectivity index (χ1v) is 8.73. The molecule has 0 radical (unpaired) electrons. The molecule has 0 aliphatic rings. The van der Waals surface area contributed by atoms with E-state index in [4.69, 9.17) is 28.9 Å². The second-order valence-electron chi connectivity index (χ2n) is 5.66. The number of aromatic nitrogens is 6. The molecule has 0 saturated heterocycles. The number of halogens is 2. The van der Waals surface area contributed by atoms with Crippen molar-refractivity contribution in [3.8, 4) is 17.1 Å². The normalized spacial score (nSPS) is 10.8. The van der Waals surface area contributed by atoms with Gasteiger partial charge in [0.25, 0.3) is 5.91 Å². The molecule has 2 aromatic carbocycles. The molecule has 140 valence electrons. The van der Waals surface area contributed by atoms with Crippen LogP contribution in [0, 0.1) is 0 Å². The molecule has 1 amide bonds. The Hall–Kier alpha value is -3.43. The van der Waals surface area contributed by atoms with Crippen molar-refractivity contribution in [3.05, 3.63) is 64.5 Å². The maximum atomic E-state index is 11.8. The predicted molar refractivity (Wildman–Crippen MR) is 105 cm³/mol. The van der Waals surface area contributed by atoms with Gasteiger partial charge in [0, 0.05) is 11.3 Å². The van der Waals surface area contributed by atoms with Crippen molar-refractivity contribution in [1.29, 1.82) is 0 Å². The molecular formula is C17H12Cl2N8O. The molecule has 28 heavy (non-hydrogen) atoms. The summed E-state index contributed by atoms with van der Waals surface area (Å²) in [5.74, 6) is 0.0785. The van der Waals surface area contributed by atoms with Crippen LogP contribution in [0.1, 0.15) is 10.5 Å². The lowest BCUT2D eigenvalue weighted by Gasteiger charge is -2.05. The van der Waals surface area contributed by atoms with E-state index in [1.807, 2.05) is 12.1 Å². The number of aromatic amines is 1. The first-order chi connectivity index (χ1) is 13.5. The molecule has 11 heteroatoms. The highest BCUT2D eigenvalue weighted by Gasteiger charge is 2.20. The summed E-state index contributed by atoms with van der Waals surface area (Å²) in [5.41, 5.74) is 7.27. The number of nitrogens with zero attached hydrogens (tertiary/aromatic N) is 5. The molecular weight excluding hydrogens is 403 g/mol. The van der Waals surface area contributed by atoms with Crippen molar-refractivity contribution in [2.75, 3.05) is 5.32 Å². The van der Waals surface area contributed by atoms with Gasteiger partial charge in [-0.25, -0.2) is 0 Å². The minimum atomic E-state index is -0.741. The zero-order valence-electron chi connectivity index (χ0n) is 14.1. The summed E-state index contributed by atoms with van der Waals surface area (Å²) in [6.45, 7) is 0. The van der Waals surface area contributed by atoms with E-state index in [-0.39, 0.29) is 11.5 Å². The van der Waals surface area contributed by atoms with Crippen molar-refractivity contribution < 1.29 is 4.79 Å². The Kier molecular flexibility index (Phi) is 4.68. The molecule has 0 aliphatic heterocycles. The third-order valence-electron chi connectivity index (χ3n) is 3.82. The summed E-state index contributed by atoms with van der Waals surface area (Å²) >= 11 is 12.4. The summed E-state index contributed by atoms with van der Waals surface area (Å²) < 4.78 is 0. The maximum absolute atomic E-state index is 11.8. The van der Waals surface area contributed by atoms with Gasteiger partial charge in [-0.1, -0.05) is 29.3 Å². The molecule has 4 rings (SSSR count). The topological polar surface area (TPSA) is 127 Å². The zero-order chi connectivity index (χ0) is 19.7. The quantitative estimate of drug-likeness (QED) is 0.459. The van der Waals surface area contributed by atoms with E-state index in [0.29, 0.717) is 27.2 Å². The number of nitrogens with two attached hydrogens (primary N) is 1. The molecule has 9 nitrogen and oxygen atoms in total. The first-order valence-electron chi connectivity index (χ1n) is 7.98. The maximum Gasteiger partial charge on any atom is 0.273 e. The molecule has 0 unspecified atom stereocenters. The first kappa shape index (κ1) is 18.0. The van der Waals surface area contributed by atoms with Crippen LogP contribution < -0.4 is 11.1 Å². The smallest absolute Gasteiger partial charge is 0.273 e. The van der Waals surface area contributed by atoms with Gasteiger partial charge in [-0.3, -0.25) is 4.79 Å². The van der Waals surface area contributed by atoms with Crippen LogP contribution in [-0.2, 0) is 0 Å². The molecule has 4 N–H and O–H groups in total. The van der Waals surface area contributed by atoms with Crippen LogP contribution in [0.15, 0.2) is 48.8 Å². The van der Waals surface area contributed by atoms with E-state index in [9.17, 15) is 4.79 Å². The number of carbonyl (C=O) groups excluding carboxylic acids is 1. The largest absolute Gasteiger partial charge is 0.364 e. The Morgan fingerprint density at radius 3 is 2.39 bits per heavy atom. The number of hydrogen-bond donors (Lipinski definition) is 3. The Bertz CT molecular complexity index is 1120. The van der Waals surface area contributed by atoms with E-state index in [0.717, 1.165) is 5.56 Å². The highest BCUT2D eigenvalue weighted by molar-refractivity contribution is 6.37. The van der Waals surface area contributed by atoms with Crippen molar-refractivity contribution >= 4 is 40.6 Å². The van der Waals surface area contributed by atoms with Crippen LogP contribution in [0.25, 0.3) is 17.1 Å². The van der Waals surface area contributed by atoms with E-state index in [1.54, 1.807) is 30.3 Å². The van der Waals surface area contributed by atoms with Gasteiger partial charge in [0.1, 0.15) is 12.0 Å². The number of nitrogens with one attached hydrogen (secondary N) is 2. The van der Waals surface area contributed by atoms with Crippen LogP contribution in [0.2, 0.25) is 10.0 Å². The van der Waals surface area contributed by atoms with E-state index in [2.05, 4.69) is 30.7 Å².